The van der Waals surface area contributed by atoms with Crippen molar-refractivity contribution in [2.45, 2.75) is 68.3 Å². The molecule has 1 saturated carbocycles. The zero-order valence-corrected chi connectivity index (χ0v) is 20.2. The van der Waals surface area contributed by atoms with Crippen LogP contribution in [-0.2, 0) is 9.84 Å². The van der Waals surface area contributed by atoms with Crippen LogP contribution in [0.25, 0.3) is 16.6 Å². The SMILES string of the molecule is Cc1ccc(S(=O)(=O)c2nnn3c2nc(NC2CCCCCC2)c2cc(Cl)ccc23)cc1C. The van der Waals surface area contributed by atoms with Crippen LogP contribution in [0, 0.1) is 13.8 Å². The highest BCUT2D eigenvalue weighted by molar-refractivity contribution is 7.91. The number of sulfone groups is 1. The first-order chi connectivity index (χ1) is 15.8. The molecule has 1 aliphatic rings. The number of benzene rings is 2. The van der Waals surface area contributed by atoms with E-state index in [1.54, 1.807) is 24.3 Å². The largest absolute Gasteiger partial charge is 0.367 e. The average molecular weight is 484 g/mol. The van der Waals surface area contributed by atoms with Crippen LogP contribution >= 0.6 is 11.6 Å². The van der Waals surface area contributed by atoms with E-state index in [-0.39, 0.29) is 21.6 Å². The van der Waals surface area contributed by atoms with Crippen LogP contribution in [0.4, 0.5) is 5.82 Å². The zero-order valence-electron chi connectivity index (χ0n) is 18.7. The van der Waals surface area contributed by atoms with Crippen molar-refractivity contribution in [3.05, 3.63) is 52.5 Å². The Balaban J connectivity index is 1.69. The standard InChI is InChI=1S/C24H26ClN5O2S/c1-15-9-11-19(13-16(15)2)33(31,32)24-23-27-22(26-18-7-5-3-4-6-8-18)20-14-17(25)10-12-21(20)30(23)29-28-24/h9-14,18H,3-8H2,1-2H3,(H,26,27). The number of rotatable bonds is 4. The summed E-state index contributed by atoms with van der Waals surface area (Å²) in [5.74, 6) is 0.616. The number of fused-ring (bicyclic) bond motifs is 3. The number of anilines is 1. The first-order valence-corrected chi connectivity index (χ1v) is 13.1. The quantitative estimate of drug-likeness (QED) is 0.384. The minimum Gasteiger partial charge on any atom is -0.367 e. The van der Waals surface area contributed by atoms with Gasteiger partial charge in [-0.3, -0.25) is 0 Å². The monoisotopic (exact) mass is 483 g/mol. The molecule has 172 valence electrons. The van der Waals surface area contributed by atoms with Crippen molar-refractivity contribution in [3.63, 3.8) is 0 Å². The van der Waals surface area contributed by atoms with Crippen LogP contribution in [0.2, 0.25) is 5.02 Å². The maximum atomic E-state index is 13.5. The molecule has 0 bridgehead atoms. The van der Waals surface area contributed by atoms with Gasteiger partial charge in [0.05, 0.1) is 10.4 Å². The normalized spacial score (nSPS) is 15.7. The summed E-state index contributed by atoms with van der Waals surface area (Å²) in [6.45, 7) is 3.84. The summed E-state index contributed by atoms with van der Waals surface area (Å²) in [6, 6.07) is 10.8. The van der Waals surface area contributed by atoms with Gasteiger partial charge in [-0.15, -0.1) is 5.10 Å². The lowest BCUT2D eigenvalue weighted by Gasteiger charge is -2.18. The summed E-state index contributed by atoms with van der Waals surface area (Å²) in [5, 5.41) is 13.0. The second kappa shape index (κ2) is 8.57. The summed E-state index contributed by atoms with van der Waals surface area (Å²) in [5.41, 5.74) is 2.84. The summed E-state index contributed by atoms with van der Waals surface area (Å²) in [7, 11) is -3.90. The molecule has 0 saturated heterocycles. The second-order valence-electron chi connectivity index (χ2n) is 8.83. The van der Waals surface area contributed by atoms with Crippen molar-refractivity contribution in [3.8, 4) is 0 Å². The number of nitrogens with zero attached hydrogens (tertiary/aromatic N) is 4. The van der Waals surface area contributed by atoms with Gasteiger partial charge in [-0.25, -0.2) is 13.4 Å². The lowest BCUT2D eigenvalue weighted by molar-refractivity contribution is 0.592. The molecule has 1 aliphatic carbocycles. The maximum Gasteiger partial charge on any atom is 0.229 e. The Bertz CT molecular complexity index is 1460. The molecular formula is C24H26ClN5O2S. The van der Waals surface area contributed by atoms with E-state index in [4.69, 9.17) is 16.6 Å². The van der Waals surface area contributed by atoms with Crippen molar-refractivity contribution in [2.75, 3.05) is 5.32 Å². The Labute approximate surface area is 198 Å². The molecule has 2 aromatic carbocycles. The predicted molar refractivity (Wildman–Crippen MR) is 130 cm³/mol. The van der Waals surface area contributed by atoms with Gasteiger partial charge in [-0.05, 0) is 68.1 Å². The zero-order chi connectivity index (χ0) is 23.2. The Hall–Kier alpha value is -2.71. The van der Waals surface area contributed by atoms with Gasteiger partial charge in [-0.2, -0.15) is 4.52 Å². The molecule has 4 aromatic rings. The van der Waals surface area contributed by atoms with E-state index in [0.717, 1.165) is 29.4 Å². The molecule has 2 aromatic heterocycles. The van der Waals surface area contributed by atoms with E-state index in [9.17, 15) is 8.42 Å². The van der Waals surface area contributed by atoms with E-state index >= 15 is 0 Å². The summed E-state index contributed by atoms with van der Waals surface area (Å²) < 4.78 is 28.5. The lowest BCUT2D eigenvalue weighted by Crippen LogP contribution is -2.19. The minimum atomic E-state index is -3.90. The van der Waals surface area contributed by atoms with Crippen LogP contribution in [0.1, 0.15) is 49.7 Å². The molecular weight excluding hydrogens is 458 g/mol. The Morgan fingerprint density at radius 3 is 2.48 bits per heavy atom. The van der Waals surface area contributed by atoms with Gasteiger partial charge in [0.1, 0.15) is 5.82 Å². The molecule has 7 nitrogen and oxygen atoms in total. The fraction of sp³-hybridized carbons (Fsp3) is 0.375. The summed E-state index contributed by atoms with van der Waals surface area (Å²) >= 11 is 6.30. The van der Waals surface area contributed by atoms with Crippen molar-refractivity contribution < 1.29 is 8.42 Å². The van der Waals surface area contributed by atoms with Gasteiger partial charge in [0.25, 0.3) is 0 Å². The summed E-state index contributed by atoms with van der Waals surface area (Å²) in [4.78, 5) is 4.93. The van der Waals surface area contributed by atoms with E-state index in [1.165, 1.54) is 30.2 Å². The lowest BCUT2D eigenvalue weighted by atomic mass is 10.1. The molecule has 0 aliphatic heterocycles. The fourth-order valence-electron chi connectivity index (χ4n) is 4.46. The molecule has 1 N–H and O–H groups in total. The van der Waals surface area contributed by atoms with Gasteiger partial charge in [0.2, 0.25) is 14.9 Å². The third-order valence-electron chi connectivity index (χ3n) is 6.52. The van der Waals surface area contributed by atoms with Gasteiger partial charge in [0, 0.05) is 16.5 Å². The molecule has 9 heteroatoms. The van der Waals surface area contributed by atoms with Crippen LogP contribution in [0.5, 0.6) is 0 Å². The first kappa shape index (κ1) is 22.1. The maximum absolute atomic E-state index is 13.5. The van der Waals surface area contributed by atoms with Crippen molar-refractivity contribution in [1.82, 2.24) is 19.8 Å². The van der Waals surface area contributed by atoms with Crippen LogP contribution in [0.15, 0.2) is 46.3 Å². The minimum absolute atomic E-state index is 0.147. The highest BCUT2D eigenvalue weighted by atomic mass is 35.5. The smallest absolute Gasteiger partial charge is 0.229 e. The highest BCUT2D eigenvalue weighted by Gasteiger charge is 2.28. The van der Waals surface area contributed by atoms with Gasteiger partial charge >= 0.3 is 0 Å². The number of hydrogen-bond donors (Lipinski definition) is 1. The third-order valence-corrected chi connectivity index (χ3v) is 8.40. The molecule has 1 fully saturated rings. The molecule has 33 heavy (non-hydrogen) atoms. The number of halogens is 1. The molecule has 0 amide bonds. The van der Waals surface area contributed by atoms with Crippen molar-refractivity contribution in [2.24, 2.45) is 0 Å². The predicted octanol–water partition coefficient (Wildman–Crippen LogP) is 5.52. The third kappa shape index (κ3) is 4.06. The Kier molecular flexibility index (Phi) is 5.74. The average Bonchev–Trinajstić information content (AvgIpc) is 3.05. The van der Waals surface area contributed by atoms with E-state index in [2.05, 4.69) is 15.6 Å². The topological polar surface area (TPSA) is 89.2 Å². The van der Waals surface area contributed by atoms with Gasteiger partial charge in [0.15, 0.2) is 5.65 Å². The van der Waals surface area contributed by atoms with Gasteiger partial charge < -0.3 is 5.32 Å². The van der Waals surface area contributed by atoms with Crippen molar-refractivity contribution >= 4 is 43.8 Å². The number of nitrogens with one attached hydrogen (secondary N) is 1. The van der Waals surface area contributed by atoms with Gasteiger partial charge in [-0.1, -0.05) is 48.6 Å². The van der Waals surface area contributed by atoms with Crippen LogP contribution in [0.3, 0.4) is 0 Å². The highest BCUT2D eigenvalue weighted by Crippen LogP contribution is 2.31. The number of aryl methyl sites for hydroxylation is 2. The first-order valence-electron chi connectivity index (χ1n) is 11.3. The fourth-order valence-corrected chi connectivity index (χ4v) is 5.95. The Morgan fingerprint density at radius 1 is 1.00 bits per heavy atom. The van der Waals surface area contributed by atoms with E-state index in [0.29, 0.717) is 16.4 Å². The molecule has 0 atom stereocenters. The van der Waals surface area contributed by atoms with Crippen LogP contribution < -0.4 is 5.32 Å². The molecule has 0 radical (unpaired) electrons. The Morgan fingerprint density at radius 2 is 1.76 bits per heavy atom. The number of hydrogen-bond acceptors (Lipinski definition) is 6. The number of aromatic nitrogens is 4. The van der Waals surface area contributed by atoms with E-state index in [1.807, 2.05) is 26.0 Å². The van der Waals surface area contributed by atoms with Crippen molar-refractivity contribution in [1.29, 1.82) is 0 Å². The summed E-state index contributed by atoms with van der Waals surface area (Å²) in [6.07, 6.45) is 6.92. The van der Waals surface area contributed by atoms with E-state index < -0.39 is 9.84 Å². The van der Waals surface area contributed by atoms with Crippen LogP contribution in [-0.4, -0.2) is 34.3 Å². The molecule has 0 spiro atoms. The molecule has 0 unspecified atom stereocenters. The molecule has 5 rings (SSSR count). The molecule has 2 heterocycles. The second-order valence-corrected chi connectivity index (χ2v) is 11.1.